The number of carbonyl (C=O) groups excluding carboxylic acids is 2. The molecule has 1 fully saturated rings. The van der Waals surface area contributed by atoms with E-state index in [1.54, 1.807) is 35.2 Å². The summed E-state index contributed by atoms with van der Waals surface area (Å²) >= 11 is 0. The van der Waals surface area contributed by atoms with Crippen LogP contribution in [0.25, 0.3) is 6.08 Å². The molecule has 1 atom stereocenters. The van der Waals surface area contributed by atoms with Gasteiger partial charge in [-0.15, -0.1) is 0 Å². The fourth-order valence-electron chi connectivity index (χ4n) is 2.34. The zero-order valence-corrected chi connectivity index (χ0v) is 11.2. The molecule has 2 rings (SSSR count). The van der Waals surface area contributed by atoms with E-state index < -0.39 is 5.91 Å². The van der Waals surface area contributed by atoms with Crippen LogP contribution in [0.5, 0.6) is 0 Å². The lowest BCUT2D eigenvalue weighted by Crippen LogP contribution is -2.36. The van der Waals surface area contributed by atoms with Crippen molar-refractivity contribution >= 4 is 17.9 Å². The summed E-state index contributed by atoms with van der Waals surface area (Å²) in [6.45, 7) is 0.696. The second kappa shape index (κ2) is 6.34. The molecular weight excluding hydrogens is 256 g/mol. The molecule has 0 saturated carbocycles. The van der Waals surface area contributed by atoms with Crippen LogP contribution in [0.4, 0.5) is 0 Å². The van der Waals surface area contributed by atoms with Crippen LogP contribution < -0.4 is 5.73 Å². The van der Waals surface area contributed by atoms with Crippen LogP contribution in [-0.2, 0) is 4.79 Å². The van der Waals surface area contributed by atoms with Crippen LogP contribution in [0.2, 0.25) is 0 Å². The van der Waals surface area contributed by atoms with Crippen molar-refractivity contribution in [2.24, 2.45) is 5.73 Å². The molecule has 0 bridgehead atoms. The Bertz CT molecular complexity index is 522. The summed E-state index contributed by atoms with van der Waals surface area (Å²) in [7, 11) is 0. The summed E-state index contributed by atoms with van der Waals surface area (Å²) < 4.78 is 0. The third kappa shape index (κ3) is 3.24. The first-order chi connectivity index (χ1) is 9.61. The van der Waals surface area contributed by atoms with Crippen molar-refractivity contribution in [3.8, 4) is 0 Å². The van der Waals surface area contributed by atoms with Crippen molar-refractivity contribution in [3.05, 3.63) is 41.5 Å². The molecule has 1 aromatic carbocycles. The largest absolute Gasteiger partial charge is 0.394 e. The number of rotatable bonds is 4. The molecule has 0 unspecified atom stereocenters. The number of benzene rings is 1. The lowest BCUT2D eigenvalue weighted by atomic mass is 10.1. The molecule has 2 amide bonds. The predicted octanol–water partition coefficient (Wildman–Crippen LogP) is 0.782. The zero-order valence-electron chi connectivity index (χ0n) is 11.2. The lowest BCUT2D eigenvalue weighted by molar-refractivity contribution is -0.127. The van der Waals surface area contributed by atoms with Crippen molar-refractivity contribution in [3.63, 3.8) is 0 Å². The van der Waals surface area contributed by atoms with Gasteiger partial charge >= 0.3 is 0 Å². The van der Waals surface area contributed by atoms with Crippen LogP contribution in [-0.4, -0.2) is 41.0 Å². The van der Waals surface area contributed by atoms with E-state index in [2.05, 4.69) is 0 Å². The van der Waals surface area contributed by atoms with E-state index in [0.29, 0.717) is 12.1 Å². The van der Waals surface area contributed by atoms with Crippen LogP contribution in [0.1, 0.15) is 28.8 Å². The number of carbonyl (C=O) groups is 2. The highest BCUT2D eigenvalue weighted by Crippen LogP contribution is 2.17. The van der Waals surface area contributed by atoms with Gasteiger partial charge in [0.2, 0.25) is 11.8 Å². The van der Waals surface area contributed by atoms with Gasteiger partial charge in [0.25, 0.3) is 0 Å². The SMILES string of the molecule is NC(=O)c1ccc(C=CC(=O)N2CCC[C@@H]2CO)cc1. The van der Waals surface area contributed by atoms with Gasteiger partial charge < -0.3 is 15.7 Å². The molecule has 1 saturated heterocycles. The third-order valence-corrected chi connectivity index (χ3v) is 3.48. The number of nitrogens with zero attached hydrogens (tertiary/aromatic N) is 1. The quantitative estimate of drug-likeness (QED) is 0.796. The highest BCUT2D eigenvalue weighted by Gasteiger charge is 2.26. The van der Waals surface area contributed by atoms with Crippen molar-refractivity contribution in [2.75, 3.05) is 13.2 Å². The van der Waals surface area contributed by atoms with Gasteiger partial charge in [0.05, 0.1) is 12.6 Å². The molecule has 5 heteroatoms. The highest BCUT2D eigenvalue weighted by molar-refractivity contribution is 5.94. The summed E-state index contributed by atoms with van der Waals surface area (Å²) in [4.78, 5) is 24.6. The molecule has 1 heterocycles. The number of hydrogen-bond donors (Lipinski definition) is 2. The van der Waals surface area contributed by atoms with Gasteiger partial charge in [0, 0.05) is 18.2 Å². The maximum absolute atomic E-state index is 12.0. The van der Waals surface area contributed by atoms with E-state index in [1.807, 2.05) is 0 Å². The Kier molecular flexibility index (Phi) is 4.53. The number of aliphatic hydroxyl groups is 1. The Morgan fingerprint density at radius 1 is 1.35 bits per heavy atom. The fraction of sp³-hybridized carbons (Fsp3) is 0.333. The second-order valence-electron chi connectivity index (χ2n) is 4.83. The molecule has 0 aromatic heterocycles. The molecule has 1 aliphatic heterocycles. The second-order valence-corrected chi connectivity index (χ2v) is 4.83. The van der Waals surface area contributed by atoms with Gasteiger partial charge in [-0.1, -0.05) is 12.1 Å². The summed E-state index contributed by atoms with van der Waals surface area (Å²) in [5.74, 6) is -0.569. The monoisotopic (exact) mass is 274 g/mol. The minimum absolute atomic E-state index is 0.00683. The smallest absolute Gasteiger partial charge is 0.248 e. The summed E-state index contributed by atoms with van der Waals surface area (Å²) in [5.41, 5.74) is 6.42. The lowest BCUT2D eigenvalue weighted by Gasteiger charge is -2.21. The standard InChI is InChI=1S/C15H18N2O3/c16-15(20)12-6-3-11(4-7-12)5-8-14(19)17-9-1-2-13(17)10-18/h3-8,13,18H,1-2,9-10H2,(H2,16,20)/t13-/m1/s1. The number of likely N-dealkylation sites (tertiary alicyclic amines) is 1. The third-order valence-electron chi connectivity index (χ3n) is 3.48. The van der Waals surface area contributed by atoms with Gasteiger partial charge in [0.15, 0.2) is 0 Å². The van der Waals surface area contributed by atoms with E-state index >= 15 is 0 Å². The Hall–Kier alpha value is -2.14. The van der Waals surface area contributed by atoms with Gasteiger partial charge in [-0.05, 0) is 36.6 Å². The number of nitrogens with two attached hydrogens (primary N) is 1. The molecule has 0 aliphatic carbocycles. The summed E-state index contributed by atoms with van der Waals surface area (Å²) in [6, 6.07) is 6.65. The number of primary amides is 1. The van der Waals surface area contributed by atoms with Crippen LogP contribution >= 0.6 is 0 Å². The Labute approximate surface area is 117 Å². The first kappa shape index (κ1) is 14.3. The number of amides is 2. The first-order valence-electron chi connectivity index (χ1n) is 6.61. The average molecular weight is 274 g/mol. The van der Waals surface area contributed by atoms with E-state index in [4.69, 9.17) is 5.73 Å². The zero-order chi connectivity index (χ0) is 14.5. The molecule has 20 heavy (non-hydrogen) atoms. The van der Waals surface area contributed by atoms with E-state index in [-0.39, 0.29) is 18.6 Å². The number of hydrogen-bond acceptors (Lipinski definition) is 3. The van der Waals surface area contributed by atoms with E-state index in [0.717, 1.165) is 18.4 Å². The Balaban J connectivity index is 2.01. The molecule has 0 radical (unpaired) electrons. The van der Waals surface area contributed by atoms with Gasteiger partial charge in [-0.25, -0.2) is 0 Å². The maximum atomic E-state index is 12.0. The Morgan fingerprint density at radius 3 is 2.65 bits per heavy atom. The topological polar surface area (TPSA) is 83.6 Å². The van der Waals surface area contributed by atoms with Gasteiger partial charge in [-0.2, -0.15) is 0 Å². The summed E-state index contributed by atoms with van der Waals surface area (Å²) in [5, 5.41) is 9.19. The van der Waals surface area contributed by atoms with Crippen LogP contribution in [0.15, 0.2) is 30.3 Å². The fourth-order valence-corrected chi connectivity index (χ4v) is 2.34. The van der Waals surface area contributed by atoms with Gasteiger partial charge in [0.1, 0.15) is 0 Å². The average Bonchev–Trinajstić information content (AvgIpc) is 2.93. The molecule has 3 N–H and O–H groups in total. The summed E-state index contributed by atoms with van der Waals surface area (Å²) in [6.07, 6.45) is 4.97. The molecule has 5 nitrogen and oxygen atoms in total. The highest BCUT2D eigenvalue weighted by atomic mass is 16.3. The first-order valence-corrected chi connectivity index (χ1v) is 6.61. The minimum atomic E-state index is -0.473. The van der Waals surface area contributed by atoms with E-state index in [1.165, 1.54) is 6.08 Å². The predicted molar refractivity (Wildman–Crippen MR) is 75.8 cm³/mol. The molecule has 1 aliphatic rings. The van der Waals surface area contributed by atoms with Crippen molar-refractivity contribution in [2.45, 2.75) is 18.9 Å². The van der Waals surface area contributed by atoms with Crippen LogP contribution in [0.3, 0.4) is 0 Å². The minimum Gasteiger partial charge on any atom is -0.394 e. The molecular formula is C15H18N2O3. The van der Waals surface area contributed by atoms with Crippen LogP contribution in [0, 0.1) is 0 Å². The van der Waals surface area contributed by atoms with Crippen molar-refractivity contribution < 1.29 is 14.7 Å². The maximum Gasteiger partial charge on any atom is 0.248 e. The van der Waals surface area contributed by atoms with Gasteiger partial charge in [-0.3, -0.25) is 9.59 Å². The normalized spacial score (nSPS) is 18.6. The van der Waals surface area contributed by atoms with E-state index in [9.17, 15) is 14.7 Å². The molecule has 106 valence electrons. The Morgan fingerprint density at radius 2 is 2.05 bits per heavy atom. The van der Waals surface area contributed by atoms with Crippen molar-refractivity contribution in [1.29, 1.82) is 0 Å². The molecule has 0 spiro atoms. The molecule has 1 aromatic rings. The number of aliphatic hydroxyl groups excluding tert-OH is 1. The van der Waals surface area contributed by atoms with Crippen molar-refractivity contribution in [1.82, 2.24) is 4.90 Å².